The van der Waals surface area contributed by atoms with E-state index in [-0.39, 0.29) is 0 Å². The minimum atomic E-state index is 0.491. The Hall–Kier alpha value is -2.58. The Bertz CT molecular complexity index is 996. The predicted octanol–water partition coefficient (Wildman–Crippen LogP) is 4.07. The van der Waals surface area contributed by atoms with Crippen molar-refractivity contribution < 1.29 is 8.94 Å². The first-order valence-corrected chi connectivity index (χ1v) is 8.70. The van der Waals surface area contributed by atoms with E-state index < -0.39 is 0 Å². The monoisotopic (exact) mass is 373 g/mol. The molecule has 0 N–H and O–H groups in total. The fraction of sp³-hybridized carbons (Fsp3) is 0.125. The lowest BCUT2D eigenvalue weighted by molar-refractivity contribution is 0.391. The van der Waals surface area contributed by atoms with Crippen LogP contribution in [0.1, 0.15) is 5.89 Å². The molecular formula is C16H12ClN5O2S. The summed E-state index contributed by atoms with van der Waals surface area (Å²) in [5.41, 5.74) is 1.69. The van der Waals surface area contributed by atoms with Gasteiger partial charge in [0.05, 0.1) is 17.6 Å². The fourth-order valence-corrected chi connectivity index (χ4v) is 3.21. The van der Waals surface area contributed by atoms with Gasteiger partial charge in [-0.25, -0.2) is 0 Å². The van der Waals surface area contributed by atoms with Crippen LogP contribution in [0.15, 0.2) is 57.0 Å². The first kappa shape index (κ1) is 15.9. The highest BCUT2D eigenvalue weighted by Crippen LogP contribution is 2.26. The van der Waals surface area contributed by atoms with E-state index in [1.54, 1.807) is 24.7 Å². The average molecular weight is 374 g/mol. The normalized spacial score (nSPS) is 11.1. The number of thioether (sulfide) groups is 1. The maximum absolute atomic E-state index is 5.99. The molecule has 0 aliphatic heterocycles. The van der Waals surface area contributed by atoms with E-state index in [4.69, 9.17) is 20.5 Å². The van der Waals surface area contributed by atoms with Crippen LogP contribution in [0.2, 0.25) is 5.02 Å². The minimum absolute atomic E-state index is 0.491. The van der Waals surface area contributed by atoms with Gasteiger partial charge in [0, 0.05) is 17.6 Å². The molecule has 0 amide bonds. The summed E-state index contributed by atoms with van der Waals surface area (Å²) in [4.78, 5) is 4.39. The average Bonchev–Trinajstić information content (AvgIpc) is 3.34. The molecule has 0 radical (unpaired) electrons. The number of nitrogens with zero attached hydrogens (tertiary/aromatic N) is 5. The quantitative estimate of drug-likeness (QED) is 0.487. The number of benzene rings is 1. The molecule has 1 aromatic carbocycles. The summed E-state index contributed by atoms with van der Waals surface area (Å²) in [6, 6.07) is 9.16. The molecule has 126 valence electrons. The van der Waals surface area contributed by atoms with Crippen molar-refractivity contribution in [3.63, 3.8) is 0 Å². The van der Waals surface area contributed by atoms with Gasteiger partial charge in [0.15, 0.2) is 11.0 Å². The highest BCUT2D eigenvalue weighted by atomic mass is 35.5. The van der Waals surface area contributed by atoms with Crippen LogP contribution in [0.25, 0.3) is 22.8 Å². The van der Waals surface area contributed by atoms with Gasteiger partial charge in [0.2, 0.25) is 11.7 Å². The molecule has 0 fully saturated rings. The van der Waals surface area contributed by atoms with Crippen molar-refractivity contribution in [3.8, 4) is 22.8 Å². The van der Waals surface area contributed by atoms with Crippen LogP contribution in [0, 0.1) is 0 Å². The predicted molar refractivity (Wildman–Crippen MR) is 93.0 cm³/mol. The Morgan fingerprint density at radius 2 is 2.12 bits per heavy atom. The van der Waals surface area contributed by atoms with Crippen molar-refractivity contribution in [2.24, 2.45) is 7.05 Å². The van der Waals surface area contributed by atoms with Gasteiger partial charge >= 0.3 is 0 Å². The Morgan fingerprint density at radius 3 is 2.92 bits per heavy atom. The summed E-state index contributed by atoms with van der Waals surface area (Å²) < 4.78 is 12.3. The van der Waals surface area contributed by atoms with E-state index in [0.717, 1.165) is 22.1 Å². The first-order chi connectivity index (χ1) is 12.2. The molecule has 0 aliphatic carbocycles. The van der Waals surface area contributed by atoms with Crippen molar-refractivity contribution in [1.29, 1.82) is 0 Å². The third-order valence-corrected chi connectivity index (χ3v) is 4.73. The molecular weight excluding hydrogens is 362 g/mol. The highest BCUT2D eigenvalue weighted by Gasteiger charge is 2.14. The molecule has 7 nitrogen and oxygen atoms in total. The lowest BCUT2D eigenvalue weighted by atomic mass is 10.2. The number of aromatic nitrogens is 5. The van der Waals surface area contributed by atoms with Crippen LogP contribution in [0.4, 0.5) is 0 Å². The van der Waals surface area contributed by atoms with Crippen LogP contribution >= 0.6 is 23.4 Å². The second kappa shape index (κ2) is 6.73. The molecule has 9 heteroatoms. The third-order valence-electron chi connectivity index (χ3n) is 3.49. The molecule has 0 bridgehead atoms. The lowest BCUT2D eigenvalue weighted by Crippen LogP contribution is -1.94. The molecule has 3 heterocycles. The summed E-state index contributed by atoms with van der Waals surface area (Å²) in [6.07, 6.45) is 3.24. The van der Waals surface area contributed by atoms with Crippen molar-refractivity contribution >= 4 is 23.4 Å². The number of rotatable bonds is 5. The molecule has 4 rings (SSSR count). The molecule has 4 aromatic rings. The Labute approximate surface area is 152 Å². The molecule has 0 aliphatic rings. The fourth-order valence-electron chi connectivity index (χ4n) is 2.27. The van der Waals surface area contributed by atoms with Crippen LogP contribution < -0.4 is 0 Å². The van der Waals surface area contributed by atoms with Crippen molar-refractivity contribution in [2.45, 2.75) is 10.9 Å². The summed E-state index contributed by atoms with van der Waals surface area (Å²) in [7, 11) is 1.90. The standard InChI is InChI=1S/C16H12ClN5O2S/c1-22-15(11-5-6-23-8-11)19-20-16(22)25-9-13-18-14(21-24-13)10-3-2-4-12(17)7-10/h2-8H,9H2,1H3. The van der Waals surface area contributed by atoms with E-state index in [0.29, 0.717) is 22.5 Å². The molecule has 0 unspecified atom stereocenters. The lowest BCUT2D eigenvalue weighted by Gasteiger charge is -2.00. The van der Waals surface area contributed by atoms with Crippen molar-refractivity contribution in [2.75, 3.05) is 0 Å². The molecule has 3 aromatic heterocycles. The zero-order valence-corrected chi connectivity index (χ0v) is 14.7. The van der Waals surface area contributed by atoms with Crippen LogP contribution in [-0.2, 0) is 12.8 Å². The number of hydrogen-bond acceptors (Lipinski definition) is 7. The molecule has 0 saturated carbocycles. The second-order valence-corrected chi connectivity index (χ2v) is 6.57. The van der Waals surface area contributed by atoms with Gasteiger partial charge in [0.25, 0.3) is 0 Å². The van der Waals surface area contributed by atoms with Crippen LogP contribution in [0.3, 0.4) is 0 Å². The Morgan fingerprint density at radius 1 is 1.20 bits per heavy atom. The minimum Gasteiger partial charge on any atom is -0.472 e. The third kappa shape index (κ3) is 3.31. The zero-order chi connectivity index (χ0) is 17.2. The Balaban J connectivity index is 1.48. The van der Waals surface area contributed by atoms with Crippen molar-refractivity contribution in [3.05, 3.63) is 53.8 Å². The summed E-state index contributed by atoms with van der Waals surface area (Å²) in [6.45, 7) is 0. The molecule has 25 heavy (non-hydrogen) atoms. The summed E-state index contributed by atoms with van der Waals surface area (Å²) in [5, 5.41) is 13.7. The van der Waals surface area contributed by atoms with Crippen LogP contribution in [0.5, 0.6) is 0 Å². The SMILES string of the molecule is Cn1c(SCc2nc(-c3cccc(Cl)c3)no2)nnc1-c1ccoc1. The molecule has 0 atom stereocenters. The highest BCUT2D eigenvalue weighted by molar-refractivity contribution is 7.98. The van der Waals surface area contributed by atoms with Gasteiger partial charge in [-0.2, -0.15) is 4.98 Å². The van der Waals surface area contributed by atoms with Gasteiger partial charge in [0.1, 0.15) is 6.26 Å². The number of furan rings is 1. The largest absolute Gasteiger partial charge is 0.472 e. The second-order valence-electron chi connectivity index (χ2n) is 5.19. The van der Waals surface area contributed by atoms with Gasteiger partial charge in [-0.15, -0.1) is 10.2 Å². The first-order valence-electron chi connectivity index (χ1n) is 7.34. The summed E-state index contributed by atoms with van der Waals surface area (Å²) >= 11 is 7.46. The van der Waals surface area contributed by atoms with E-state index in [1.165, 1.54) is 11.8 Å². The van der Waals surface area contributed by atoms with E-state index in [1.807, 2.05) is 29.8 Å². The Kier molecular flexibility index (Phi) is 4.29. The van der Waals surface area contributed by atoms with Crippen LogP contribution in [-0.4, -0.2) is 24.9 Å². The molecule has 0 saturated heterocycles. The van der Waals surface area contributed by atoms with Gasteiger partial charge in [-0.3, -0.25) is 0 Å². The summed E-state index contributed by atoms with van der Waals surface area (Å²) in [5.74, 6) is 2.25. The maximum atomic E-state index is 5.99. The number of halogens is 1. The van der Waals surface area contributed by atoms with Gasteiger partial charge in [-0.05, 0) is 18.2 Å². The zero-order valence-electron chi connectivity index (χ0n) is 13.1. The topological polar surface area (TPSA) is 82.8 Å². The van der Waals surface area contributed by atoms with Gasteiger partial charge in [-0.1, -0.05) is 40.7 Å². The van der Waals surface area contributed by atoms with E-state index >= 15 is 0 Å². The van der Waals surface area contributed by atoms with Gasteiger partial charge < -0.3 is 13.5 Å². The van der Waals surface area contributed by atoms with Crippen molar-refractivity contribution in [1.82, 2.24) is 24.9 Å². The molecule has 0 spiro atoms. The van der Waals surface area contributed by atoms with E-state index in [2.05, 4.69) is 20.3 Å². The van der Waals surface area contributed by atoms with E-state index in [9.17, 15) is 0 Å². The smallest absolute Gasteiger partial charge is 0.237 e. The number of hydrogen-bond donors (Lipinski definition) is 0. The maximum Gasteiger partial charge on any atom is 0.237 e.